The van der Waals surface area contributed by atoms with Crippen LogP contribution in [0.15, 0.2) is 23.8 Å². The van der Waals surface area contributed by atoms with Gasteiger partial charge in [-0.1, -0.05) is 31.5 Å². The third-order valence-electron chi connectivity index (χ3n) is 9.00. The number of fused-ring (bicyclic) bond motifs is 5. The fraction of sp³-hybridized carbons (Fsp3) is 0.739. The molecule has 0 heterocycles. The molecule has 4 rings (SSSR count). The summed E-state index contributed by atoms with van der Waals surface area (Å²) in [7, 11) is 1.25. The van der Waals surface area contributed by atoms with Crippen LogP contribution in [-0.2, 0) is 14.3 Å². The van der Waals surface area contributed by atoms with Gasteiger partial charge in [0.15, 0.2) is 17.0 Å². The number of halogens is 3. The number of alkyl halides is 3. The summed E-state index contributed by atoms with van der Waals surface area (Å²) in [5.74, 6) is -3.26. The zero-order valence-electron chi connectivity index (χ0n) is 18.1. The van der Waals surface area contributed by atoms with Crippen LogP contribution in [0.1, 0.15) is 40.0 Å². The van der Waals surface area contributed by atoms with Gasteiger partial charge >= 0.3 is 0 Å². The molecule has 0 aliphatic heterocycles. The maximum absolute atomic E-state index is 17.0. The summed E-state index contributed by atoms with van der Waals surface area (Å²) in [6.45, 7) is 4.86. The van der Waals surface area contributed by atoms with Gasteiger partial charge in [-0.05, 0) is 55.7 Å². The van der Waals surface area contributed by atoms with Crippen molar-refractivity contribution in [1.29, 1.82) is 0 Å². The number of ether oxygens (including phenoxy) is 1. The summed E-state index contributed by atoms with van der Waals surface area (Å²) < 4.78 is 37.3. The Kier molecular flexibility index (Phi) is 5.14. The number of Topliss-reactive ketones (excluding diaryl/α,β-unsaturated/α-hetero) is 1. The van der Waals surface area contributed by atoms with Crippen molar-refractivity contribution in [2.45, 2.75) is 69.1 Å². The van der Waals surface area contributed by atoms with E-state index in [2.05, 4.69) is 0 Å². The number of ketones is 2. The largest absolute Gasteiger partial charge is 0.390 e. The van der Waals surface area contributed by atoms with E-state index in [4.69, 9.17) is 16.3 Å². The SMILES string of the molecule is COC(Cl)C(=O)[C@@]1(O)[C@H](C)C[C@H]2[C@@H]3C[C@H](F)C4=CC(=O)C=C[C@]4(C)[C@@]3(F)[C@@H](O)C[C@@]21C. The van der Waals surface area contributed by atoms with E-state index in [0.717, 1.165) is 6.08 Å². The fourth-order valence-electron chi connectivity index (χ4n) is 7.34. The Morgan fingerprint density at radius 2 is 1.97 bits per heavy atom. The maximum atomic E-state index is 17.0. The van der Waals surface area contributed by atoms with E-state index in [0.29, 0.717) is 0 Å². The molecule has 0 amide bonds. The van der Waals surface area contributed by atoms with Crippen LogP contribution in [0.25, 0.3) is 0 Å². The first-order valence-electron chi connectivity index (χ1n) is 10.7. The Bertz CT molecular complexity index is 891. The Hall–Kier alpha value is -1.15. The quantitative estimate of drug-likeness (QED) is 0.635. The molecule has 31 heavy (non-hydrogen) atoms. The summed E-state index contributed by atoms with van der Waals surface area (Å²) in [6, 6.07) is 0. The summed E-state index contributed by atoms with van der Waals surface area (Å²) in [4.78, 5) is 25.0. The molecule has 4 aliphatic rings. The van der Waals surface area contributed by atoms with E-state index in [1.54, 1.807) is 13.8 Å². The van der Waals surface area contributed by atoms with Crippen molar-refractivity contribution in [3.8, 4) is 0 Å². The summed E-state index contributed by atoms with van der Waals surface area (Å²) in [6.07, 6.45) is 0.406. The average molecular weight is 459 g/mol. The van der Waals surface area contributed by atoms with Crippen molar-refractivity contribution in [2.75, 3.05) is 7.11 Å². The molecule has 10 atom stereocenters. The lowest BCUT2D eigenvalue weighted by atomic mass is 9.44. The normalized spacial score (nSPS) is 52.1. The molecule has 0 aromatic rings. The molecule has 3 fully saturated rings. The highest BCUT2D eigenvalue weighted by molar-refractivity contribution is 6.31. The second-order valence-corrected chi connectivity index (χ2v) is 10.6. The number of carbonyl (C=O) groups excluding carboxylic acids is 2. The highest BCUT2D eigenvalue weighted by Gasteiger charge is 2.76. The van der Waals surface area contributed by atoms with Crippen molar-refractivity contribution < 1.29 is 33.3 Å². The van der Waals surface area contributed by atoms with Crippen LogP contribution in [0.5, 0.6) is 0 Å². The van der Waals surface area contributed by atoms with Crippen molar-refractivity contribution in [3.63, 3.8) is 0 Å². The van der Waals surface area contributed by atoms with E-state index < -0.39 is 69.3 Å². The van der Waals surface area contributed by atoms with Crippen molar-refractivity contribution in [3.05, 3.63) is 23.8 Å². The predicted octanol–water partition coefficient (Wildman–Crippen LogP) is 3.06. The van der Waals surface area contributed by atoms with Gasteiger partial charge in [-0.25, -0.2) is 8.78 Å². The lowest BCUT2D eigenvalue weighted by Crippen LogP contribution is -2.70. The summed E-state index contributed by atoms with van der Waals surface area (Å²) >= 11 is 6.02. The van der Waals surface area contributed by atoms with Gasteiger partial charge in [0.25, 0.3) is 0 Å². The summed E-state index contributed by atoms with van der Waals surface area (Å²) in [5, 5.41) is 22.9. The maximum Gasteiger partial charge on any atom is 0.209 e. The van der Waals surface area contributed by atoms with Gasteiger partial charge in [-0.3, -0.25) is 9.59 Å². The van der Waals surface area contributed by atoms with E-state index in [1.165, 1.54) is 26.2 Å². The standard InChI is InChI=1S/C23H29ClF2O5/c1-11-7-13-14-9-16(25)15-8-12(27)5-6-20(15,2)22(14,26)17(28)10-21(13,3)23(11,30)18(29)19(24)31-4/h5-6,8,11,13-14,16-17,19,28,30H,7,9-10H2,1-4H3/t11-,13+,14+,16+,17+,19?,20+,21+,22+,23+/m1/s1. The van der Waals surface area contributed by atoms with E-state index in [1.807, 2.05) is 0 Å². The van der Waals surface area contributed by atoms with Gasteiger partial charge in [0.1, 0.15) is 11.8 Å². The van der Waals surface area contributed by atoms with Crippen LogP contribution >= 0.6 is 11.6 Å². The molecular weight excluding hydrogens is 430 g/mol. The molecule has 0 bridgehead atoms. The fourth-order valence-corrected chi connectivity index (χ4v) is 7.51. The Labute approximate surface area is 185 Å². The first-order chi connectivity index (χ1) is 14.3. The van der Waals surface area contributed by atoms with Crippen molar-refractivity contribution >= 4 is 23.2 Å². The smallest absolute Gasteiger partial charge is 0.209 e. The second kappa shape index (κ2) is 6.92. The molecule has 0 saturated heterocycles. The van der Waals surface area contributed by atoms with Gasteiger partial charge < -0.3 is 14.9 Å². The van der Waals surface area contributed by atoms with Crippen LogP contribution in [0.4, 0.5) is 8.78 Å². The third kappa shape index (κ3) is 2.58. The molecule has 4 aliphatic carbocycles. The molecule has 0 aromatic carbocycles. The van der Waals surface area contributed by atoms with E-state index in [9.17, 15) is 19.8 Å². The van der Waals surface area contributed by atoms with Gasteiger partial charge in [-0.2, -0.15) is 0 Å². The Morgan fingerprint density at radius 1 is 1.32 bits per heavy atom. The Morgan fingerprint density at radius 3 is 2.58 bits per heavy atom. The molecular formula is C23H29ClF2O5. The van der Waals surface area contributed by atoms with Gasteiger partial charge in [0.2, 0.25) is 5.78 Å². The zero-order valence-corrected chi connectivity index (χ0v) is 18.8. The minimum absolute atomic E-state index is 0.0407. The first-order valence-corrected chi connectivity index (χ1v) is 11.1. The van der Waals surface area contributed by atoms with Gasteiger partial charge in [-0.15, -0.1) is 0 Å². The molecule has 172 valence electrons. The lowest BCUT2D eigenvalue weighted by Gasteiger charge is -2.63. The van der Waals surface area contributed by atoms with E-state index >= 15 is 8.78 Å². The third-order valence-corrected chi connectivity index (χ3v) is 9.38. The molecule has 3 saturated carbocycles. The summed E-state index contributed by atoms with van der Waals surface area (Å²) in [5.41, 5.74) is -8.28. The van der Waals surface area contributed by atoms with Crippen LogP contribution in [0.2, 0.25) is 0 Å². The lowest BCUT2D eigenvalue weighted by molar-refractivity contribution is -0.224. The van der Waals surface area contributed by atoms with E-state index in [-0.39, 0.29) is 24.8 Å². The number of aliphatic hydroxyl groups excluding tert-OH is 1. The highest BCUT2D eigenvalue weighted by Crippen LogP contribution is 2.71. The van der Waals surface area contributed by atoms with Crippen LogP contribution in [0, 0.1) is 28.6 Å². The Balaban J connectivity index is 1.85. The molecule has 5 nitrogen and oxygen atoms in total. The number of hydrogen-bond acceptors (Lipinski definition) is 5. The number of allylic oxidation sites excluding steroid dienone is 4. The number of carbonyl (C=O) groups is 2. The van der Waals surface area contributed by atoms with Crippen molar-refractivity contribution in [1.82, 2.24) is 0 Å². The van der Waals surface area contributed by atoms with Crippen LogP contribution in [-0.4, -0.2) is 58.0 Å². The van der Waals surface area contributed by atoms with Crippen molar-refractivity contribution in [2.24, 2.45) is 28.6 Å². The minimum atomic E-state index is -2.25. The van der Waals surface area contributed by atoms with Gasteiger partial charge in [0, 0.05) is 23.9 Å². The van der Waals surface area contributed by atoms with Crippen LogP contribution in [0.3, 0.4) is 0 Å². The molecule has 0 radical (unpaired) electrons. The number of hydrogen-bond donors (Lipinski definition) is 2. The molecule has 2 N–H and O–H groups in total. The average Bonchev–Trinajstić information content (AvgIpc) is 2.92. The van der Waals surface area contributed by atoms with Gasteiger partial charge in [0.05, 0.1) is 6.10 Å². The second-order valence-electron chi connectivity index (χ2n) is 10.2. The molecule has 0 aromatic heterocycles. The topological polar surface area (TPSA) is 83.8 Å². The van der Waals surface area contributed by atoms with Crippen LogP contribution < -0.4 is 0 Å². The number of aliphatic hydroxyl groups is 2. The molecule has 1 unspecified atom stereocenters. The highest BCUT2D eigenvalue weighted by atomic mass is 35.5. The minimum Gasteiger partial charge on any atom is -0.390 e. The molecule has 8 heteroatoms. The monoisotopic (exact) mass is 458 g/mol. The number of rotatable bonds is 3. The first kappa shape index (κ1) is 23.0. The molecule has 0 spiro atoms. The predicted molar refractivity (Wildman–Crippen MR) is 110 cm³/mol. The number of methoxy groups -OCH3 is 1. The zero-order chi connectivity index (χ0) is 23.1.